The number of hydrogen-bond acceptors (Lipinski definition) is 3. The molecule has 0 saturated heterocycles. The number of carboxylic acids is 1. The van der Waals surface area contributed by atoms with Crippen LogP contribution in [0.4, 0.5) is 0 Å². The second-order valence-electron chi connectivity index (χ2n) is 5.96. The molecule has 0 rings (SSSR count). The van der Waals surface area contributed by atoms with Crippen LogP contribution in [0.1, 0.15) is 84.0 Å². The molecule has 4 heteroatoms. The van der Waals surface area contributed by atoms with E-state index in [1.165, 1.54) is 70.6 Å². The Balaban J connectivity index is 0. The maximum Gasteiger partial charge on any atom is 0.328 e. The molecule has 4 nitrogen and oxygen atoms in total. The van der Waals surface area contributed by atoms with Crippen LogP contribution < -0.4 is 5.73 Å². The van der Waals surface area contributed by atoms with Gasteiger partial charge in [-0.15, -0.1) is 0 Å². The minimum absolute atomic E-state index is 0.0972. The Bertz CT molecular complexity index is 299. The first-order valence-corrected chi connectivity index (χ1v) is 9.56. The fourth-order valence-electron chi connectivity index (χ4n) is 2.24. The first-order chi connectivity index (χ1) is 11.7. The maximum absolute atomic E-state index is 10.2. The molecule has 0 saturated carbocycles. The first-order valence-electron chi connectivity index (χ1n) is 9.56. The largest absolute Gasteiger partial charge is 0.478 e. The molecule has 0 aliphatic carbocycles. The summed E-state index contributed by atoms with van der Waals surface area (Å²) in [6, 6.07) is 0. The SMILES string of the molecule is CCCCCCCCCCCCCC=CC=CC(=O)O.NCCO. The van der Waals surface area contributed by atoms with E-state index in [1.54, 1.807) is 6.08 Å². The van der Waals surface area contributed by atoms with Gasteiger partial charge in [0.1, 0.15) is 0 Å². The lowest BCUT2D eigenvalue weighted by Gasteiger charge is -2.01. The van der Waals surface area contributed by atoms with Crippen LogP contribution >= 0.6 is 0 Å². The third-order valence-corrected chi connectivity index (χ3v) is 3.59. The fourth-order valence-corrected chi connectivity index (χ4v) is 2.24. The molecule has 0 bridgehead atoms. The molecule has 142 valence electrons. The van der Waals surface area contributed by atoms with Gasteiger partial charge in [0.2, 0.25) is 0 Å². The van der Waals surface area contributed by atoms with Crippen LogP contribution in [0.2, 0.25) is 0 Å². The molecule has 24 heavy (non-hydrogen) atoms. The van der Waals surface area contributed by atoms with E-state index in [0.29, 0.717) is 6.54 Å². The number of aliphatic carboxylic acids is 1. The molecule has 0 fully saturated rings. The van der Waals surface area contributed by atoms with Gasteiger partial charge in [0, 0.05) is 12.6 Å². The monoisotopic (exact) mass is 341 g/mol. The summed E-state index contributed by atoms with van der Waals surface area (Å²) in [7, 11) is 0. The van der Waals surface area contributed by atoms with E-state index < -0.39 is 5.97 Å². The van der Waals surface area contributed by atoms with Gasteiger partial charge in [-0.25, -0.2) is 4.79 Å². The van der Waals surface area contributed by atoms with Crippen molar-refractivity contribution in [2.24, 2.45) is 5.73 Å². The number of aliphatic hydroxyl groups is 1. The van der Waals surface area contributed by atoms with Crippen LogP contribution in [-0.2, 0) is 4.79 Å². The predicted molar refractivity (Wildman–Crippen MR) is 103 cm³/mol. The van der Waals surface area contributed by atoms with Crippen LogP contribution in [0.3, 0.4) is 0 Å². The minimum atomic E-state index is -0.885. The van der Waals surface area contributed by atoms with E-state index in [-0.39, 0.29) is 6.61 Å². The molecule has 0 amide bonds. The topological polar surface area (TPSA) is 83.5 Å². The number of unbranched alkanes of at least 4 members (excludes halogenated alkanes) is 11. The van der Waals surface area contributed by atoms with Crippen LogP contribution in [0.15, 0.2) is 24.3 Å². The number of rotatable bonds is 15. The summed E-state index contributed by atoms with van der Waals surface area (Å²) in [5.41, 5.74) is 4.78. The second kappa shape index (κ2) is 24.1. The highest BCUT2D eigenvalue weighted by atomic mass is 16.4. The first kappa shape index (κ1) is 25.1. The molecule has 0 spiro atoms. The van der Waals surface area contributed by atoms with Gasteiger partial charge in [-0.05, 0) is 12.8 Å². The Hall–Kier alpha value is -1.13. The summed E-state index contributed by atoms with van der Waals surface area (Å²) in [6.45, 7) is 2.73. The lowest BCUT2D eigenvalue weighted by atomic mass is 10.1. The zero-order valence-electron chi connectivity index (χ0n) is 15.6. The van der Waals surface area contributed by atoms with E-state index in [2.05, 4.69) is 6.92 Å². The van der Waals surface area contributed by atoms with Crippen molar-refractivity contribution in [3.05, 3.63) is 24.3 Å². The number of nitrogens with two attached hydrogens (primary N) is 1. The molecule has 0 aromatic carbocycles. The van der Waals surface area contributed by atoms with E-state index in [1.807, 2.05) is 12.2 Å². The second-order valence-corrected chi connectivity index (χ2v) is 5.96. The van der Waals surface area contributed by atoms with E-state index in [9.17, 15) is 4.79 Å². The molecule has 0 heterocycles. The van der Waals surface area contributed by atoms with E-state index >= 15 is 0 Å². The average molecular weight is 342 g/mol. The van der Waals surface area contributed by atoms with Crippen molar-refractivity contribution in [3.8, 4) is 0 Å². The molecule has 0 aromatic rings. The molecule has 0 aliphatic heterocycles. The Kier molecular flexibility index (Phi) is 25.2. The number of carbonyl (C=O) groups is 1. The third-order valence-electron chi connectivity index (χ3n) is 3.59. The highest BCUT2D eigenvalue weighted by molar-refractivity contribution is 5.80. The smallest absolute Gasteiger partial charge is 0.328 e. The Morgan fingerprint density at radius 1 is 0.875 bits per heavy atom. The van der Waals surface area contributed by atoms with Gasteiger partial charge in [0.25, 0.3) is 0 Å². The molecular weight excluding hydrogens is 302 g/mol. The van der Waals surface area contributed by atoms with Gasteiger partial charge in [-0.2, -0.15) is 0 Å². The van der Waals surface area contributed by atoms with Crippen molar-refractivity contribution < 1.29 is 15.0 Å². The van der Waals surface area contributed by atoms with Gasteiger partial charge in [-0.1, -0.05) is 89.4 Å². The van der Waals surface area contributed by atoms with Gasteiger partial charge in [0.15, 0.2) is 0 Å². The van der Waals surface area contributed by atoms with E-state index in [0.717, 1.165) is 12.5 Å². The quantitative estimate of drug-likeness (QED) is 0.226. The van der Waals surface area contributed by atoms with Gasteiger partial charge < -0.3 is 15.9 Å². The van der Waals surface area contributed by atoms with Crippen molar-refractivity contribution in [1.82, 2.24) is 0 Å². The normalized spacial score (nSPS) is 11.0. The number of hydrogen-bond donors (Lipinski definition) is 3. The zero-order chi connectivity index (χ0) is 18.3. The van der Waals surface area contributed by atoms with Crippen molar-refractivity contribution in [3.63, 3.8) is 0 Å². The highest BCUT2D eigenvalue weighted by Crippen LogP contribution is 2.11. The summed E-state index contributed by atoms with van der Waals surface area (Å²) in [4.78, 5) is 10.2. The van der Waals surface area contributed by atoms with Gasteiger partial charge in [-0.3, -0.25) is 0 Å². The number of aliphatic hydroxyl groups excluding tert-OH is 1. The standard InChI is InChI=1S/C18H32O2.C2H7NO/c1-2-3-4-5-6-7-8-9-10-11-12-13-14-15-16-17-18(19)20;3-1-2-4/h14-17H,2-13H2,1H3,(H,19,20);4H,1-3H2. The molecular formula is C20H39NO3. The third kappa shape index (κ3) is 29.0. The Morgan fingerprint density at radius 3 is 1.75 bits per heavy atom. The lowest BCUT2D eigenvalue weighted by molar-refractivity contribution is -0.131. The Morgan fingerprint density at radius 2 is 1.33 bits per heavy atom. The van der Waals surface area contributed by atoms with Crippen LogP contribution in [0.25, 0.3) is 0 Å². The van der Waals surface area contributed by atoms with Crippen LogP contribution in [0.5, 0.6) is 0 Å². The molecule has 0 aliphatic rings. The summed E-state index contributed by atoms with van der Waals surface area (Å²) in [5, 5.41) is 16.1. The zero-order valence-corrected chi connectivity index (χ0v) is 15.6. The summed E-state index contributed by atoms with van der Waals surface area (Å²) in [5.74, 6) is -0.885. The molecule has 0 atom stereocenters. The fraction of sp³-hybridized carbons (Fsp3) is 0.750. The summed E-state index contributed by atoms with van der Waals surface area (Å²) in [6.07, 6.45) is 22.7. The number of allylic oxidation sites excluding steroid dienone is 3. The maximum atomic E-state index is 10.2. The summed E-state index contributed by atoms with van der Waals surface area (Å²) < 4.78 is 0. The predicted octanol–water partition coefficient (Wildman–Crippen LogP) is 4.82. The van der Waals surface area contributed by atoms with Crippen LogP contribution in [0, 0.1) is 0 Å². The number of carboxylic acid groups (broad SMARTS) is 1. The van der Waals surface area contributed by atoms with E-state index in [4.69, 9.17) is 15.9 Å². The minimum Gasteiger partial charge on any atom is -0.478 e. The Labute approximate surface area is 148 Å². The van der Waals surface area contributed by atoms with Crippen molar-refractivity contribution in [1.29, 1.82) is 0 Å². The lowest BCUT2D eigenvalue weighted by Crippen LogP contribution is -2.02. The summed E-state index contributed by atoms with van der Waals surface area (Å²) >= 11 is 0. The van der Waals surface area contributed by atoms with Gasteiger partial charge in [0.05, 0.1) is 6.61 Å². The van der Waals surface area contributed by atoms with Crippen LogP contribution in [-0.4, -0.2) is 29.3 Å². The average Bonchev–Trinajstić information content (AvgIpc) is 2.58. The molecule has 0 unspecified atom stereocenters. The van der Waals surface area contributed by atoms with Crippen molar-refractivity contribution >= 4 is 5.97 Å². The van der Waals surface area contributed by atoms with Gasteiger partial charge >= 0.3 is 5.97 Å². The van der Waals surface area contributed by atoms with Crippen molar-refractivity contribution in [2.75, 3.05) is 13.2 Å². The van der Waals surface area contributed by atoms with Crippen molar-refractivity contribution in [2.45, 2.75) is 84.0 Å². The molecule has 0 aromatic heterocycles. The molecule has 0 radical (unpaired) electrons. The molecule has 4 N–H and O–H groups in total. The highest BCUT2D eigenvalue weighted by Gasteiger charge is 1.92.